The van der Waals surface area contributed by atoms with E-state index in [0.29, 0.717) is 18.1 Å². The van der Waals surface area contributed by atoms with E-state index in [0.717, 1.165) is 12.1 Å². The minimum Gasteiger partial charge on any atom is -0.373 e. The molecule has 7 nitrogen and oxygen atoms in total. The van der Waals surface area contributed by atoms with Crippen molar-refractivity contribution in [3.63, 3.8) is 0 Å². The molecule has 7 heteroatoms. The summed E-state index contributed by atoms with van der Waals surface area (Å²) in [5.41, 5.74) is 6.93. The molecule has 2 atom stereocenters. The highest BCUT2D eigenvalue weighted by atomic mass is 16.5. The number of methoxy groups -OCH3 is 1. The van der Waals surface area contributed by atoms with Crippen molar-refractivity contribution in [1.29, 1.82) is 0 Å². The van der Waals surface area contributed by atoms with Crippen LogP contribution in [-0.2, 0) is 11.2 Å². The first-order valence-corrected chi connectivity index (χ1v) is 5.83. The lowest BCUT2D eigenvalue weighted by Gasteiger charge is -2.06. The average Bonchev–Trinajstić information content (AvgIpc) is 3.01. The Morgan fingerprint density at radius 1 is 1.56 bits per heavy atom. The lowest BCUT2D eigenvalue weighted by molar-refractivity contribution is 0.0903. The normalized spacial score (nSPS) is 14.6. The van der Waals surface area contributed by atoms with Gasteiger partial charge in [-0.05, 0) is 6.42 Å². The van der Waals surface area contributed by atoms with Gasteiger partial charge in [-0.15, -0.1) is 0 Å². The van der Waals surface area contributed by atoms with E-state index >= 15 is 0 Å². The van der Waals surface area contributed by atoms with Gasteiger partial charge in [-0.25, -0.2) is 4.98 Å². The van der Waals surface area contributed by atoms with Crippen molar-refractivity contribution >= 4 is 0 Å². The van der Waals surface area contributed by atoms with Crippen molar-refractivity contribution in [3.8, 4) is 0 Å². The highest BCUT2D eigenvalue weighted by Crippen LogP contribution is 2.19. The average molecular weight is 251 g/mol. The Morgan fingerprint density at radius 2 is 2.39 bits per heavy atom. The molecule has 0 fully saturated rings. The van der Waals surface area contributed by atoms with Crippen molar-refractivity contribution in [2.75, 3.05) is 7.11 Å². The SMILES string of the molecule is CCC(OC)c1noc(C(N)Cc2cnc[nH]2)n1. The fraction of sp³-hybridized carbons (Fsp3) is 0.545. The molecule has 2 unspecified atom stereocenters. The lowest BCUT2D eigenvalue weighted by atomic mass is 10.2. The summed E-state index contributed by atoms with van der Waals surface area (Å²) in [6, 6.07) is -0.346. The van der Waals surface area contributed by atoms with E-state index in [9.17, 15) is 0 Å². The molecule has 0 spiro atoms. The second-order valence-electron chi connectivity index (χ2n) is 4.01. The molecule has 2 aromatic heterocycles. The minimum atomic E-state index is -0.346. The number of nitrogens with zero attached hydrogens (tertiary/aromatic N) is 3. The maximum absolute atomic E-state index is 6.00. The summed E-state index contributed by atoms with van der Waals surface area (Å²) in [5.74, 6) is 0.949. The van der Waals surface area contributed by atoms with E-state index in [2.05, 4.69) is 20.1 Å². The molecular weight excluding hydrogens is 234 g/mol. The van der Waals surface area contributed by atoms with Crippen LogP contribution in [0, 0.1) is 0 Å². The van der Waals surface area contributed by atoms with Gasteiger partial charge in [0.15, 0.2) is 0 Å². The molecule has 0 saturated heterocycles. The number of imidazole rings is 1. The first kappa shape index (κ1) is 12.7. The first-order chi connectivity index (χ1) is 8.74. The van der Waals surface area contributed by atoms with Crippen molar-refractivity contribution in [2.24, 2.45) is 5.73 Å². The highest BCUT2D eigenvalue weighted by molar-refractivity contribution is 5.02. The minimum absolute atomic E-state index is 0.151. The number of nitrogens with two attached hydrogens (primary N) is 1. The maximum atomic E-state index is 6.00. The Bertz CT molecular complexity index is 463. The van der Waals surface area contributed by atoms with E-state index in [1.54, 1.807) is 19.6 Å². The second-order valence-corrected chi connectivity index (χ2v) is 4.01. The van der Waals surface area contributed by atoms with Gasteiger partial charge in [0.05, 0.1) is 12.4 Å². The van der Waals surface area contributed by atoms with Gasteiger partial charge in [-0.2, -0.15) is 4.98 Å². The van der Waals surface area contributed by atoms with Gasteiger partial charge in [-0.3, -0.25) is 0 Å². The van der Waals surface area contributed by atoms with Gasteiger partial charge in [0.1, 0.15) is 6.10 Å². The number of hydrogen-bond donors (Lipinski definition) is 2. The van der Waals surface area contributed by atoms with Gasteiger partial charge in [0.2, 0.25) is 11.7 Å². The highest BCUT2D eigenvalue weighted by Gasteiger charge is 2.20. The van der Waals surface area contributed by atoms with Crippen molar-refractivity contribution in [1.82, 2.24) is 20.1 Å². The molecule has 18 heavy (non-hydrogen) atoms. The third kappa shape index (κ3) is 2.74. The van der Waals surface area contributed by atoms with Crippen LogP contribution in [0.3, 0.4) is 0 Å². The molecule has 0 aliphatic rings. The standard InChI is InChI=1S/C11H17N5O2/c1-3-9(17-2)10-15-11(18-16-10)8(12)4-7-5-13-6-14-7/h5-6,8-9H,3-4,12H2,1-2H3,(H,13,14). The third-order valence-electron chi connectivity index (χ3n) is 2.71. The van der Waals surface area contributed by atoms with Crippen LogP contribution in [0.15, 0.2) is 17.0 Å². The van der Waals surface area contributed by atoms with Gasteiger partial charge >= 0.3 is 0 Å². The molecular formula is C11H17N5O2. The summed E-state index contributed by atoms with van der Waals surface area (Å²) in [4.78, 5) is 11.2. The molecule has 2 heterocycles. The van der Waals surface area contributed by atoms with E-state index in [-0.39, 0.29) is 12.1 Å². The van der Waals surface area contributed by atoms with Gasteiger partial charge in [0.25, 0.3) is 0 Å². The van der Waals surface area contributed by atoms with Crippen LogP contribution in [0.5, 0.6) is 0 Å². The smallest absolute Gasteiger partial charge is 0.244 e. The van der Waals surface area contributed by atoms with E-state index < -0.39 is 0 Å². The van der Waals surface area contributed by atoms with Crippen molar-refractivity contribution < 1.29 is 9.26 Å². The monoisotopic (exact) mass is 251 g/mol. The largest absolute Gasteiger partial charge is 0.373 e. The predicted molar refractivity (Wildman–Crippen MR) is 63.6 cm³/mol. The summed E-state index contributed by atoms with van der Waals surface area (Å²) in [6.45, 7) is 1.99. The summed E-state index contributed by atoms with van der Waals surface area (Å²) >= 11 is 0. The quantitative estimate of drug-likeness (QED) is 0.797. The Balaban J connectivity index is 2.05. The zero-order chi connectivity index (χ0) is 13.0. The second kappa shape index (κ2) is 5.74. The van der Waals surface area contributed by atoms with Gasteiger partial charge in [-0.1, -0.05) is 12.1 Å². The van der Waals surface area contributed by atoms with Crippen molar-refractivity contribution in [2.45, 2.75) is 31.9 Å². The van der Waals surface area contributed by atoms with E-state index in [1.807, 2.05) is 6.92 Å². The summed E-state index contributed by atoms with van der Waals surface area (Å²) in [6.07, 6.45) is 4.54. The molecule has 0 aliphatic carbocycles. The summed E-state index contributed by atoms with van der Waals surface area (Å²) in [7, 11) is 1.62. The Hall–Kier alpha value is -1.73. The molecule has 0 aromatic carbocycles. The summed E-state index contributed by atoms with van der Waals surface area (Å²) in [5, 5.41) is 3.89. The Labute approximate surface area is 105 Å². The summed E-state index contributed by atoms with van der Waals surface area (Å²) < 4.78 is 10.4. The Kier molecular flexibility index (Phi) is 4.06. The molecule has 0 saturated carbocycles. The van der Waals surface area contributed by atoms with Gasteiger partial charge < -0.3 is 20.0 Å². The van der Waals surface area contributed by atoms with Gasteiger partial charge in [0, 0.05) is 25.4 Å². The zero-order valence-electron chi connectivity index (χ0n) is 10.5. The molecule has 0 amide bonds. The van der Waals surface area contributed by atoms with Crippen LogP contribution in [0.1, 0.15) is 42.9 Å². The number of ether oxygens (including phenoxy) is 1. The van der Waals surface area contributed by atoms with Crippen LogP contribution in [0.2, 0.25) is 0 Å². The number of aromatic amines is 1. The fourth-order valence-electron chi connectivity index (χ4n) is 1.70. The van der Waals surface area contributed by atoms with Crippen LogP contribution >= 0.6 is 0 Å². The van der Waals surface area contributed by atoms with Crippen LogP contribution in [-0.4, -0.2) is 27.2 Å². The Morgan fingerprint density at radius 3 is 3.00 bits per heavy atom. The molecule has 0 aliphatic heterocycles. The molecule has 2 aromatic rings. The number of rotatable bonds is 6. The van der Waals surface area contributed by atoms with E-state index in [1.165, 1.54) is 0 Å². The van der Waals surface area contributed by atoms with E-state index in [4.69, 9.17) is 15.0 Å². The maximum Gasteiger partial charge on any atom is 0.244 e. The van der Waals surface area contributed by atoms with Crippen LogP contribution in [0.25, 0.3) is 0 Å². The van der Waals surface area contributed by atoms with Crippen LogP contribution in [0.4, 0.5) is 0 Å². The third-order valence-corrected chi connectivity index (χ3v) is 2.71. The number of aromatic nitrogens is 4. The molecule has 2 rings (SSSR count). The van der Waals surface area contributed by atoms with Crippen molar-refractivity contribution in [3.05, 3.63) is 29.9 Å². The lowest BCUT2D eigenvalue weighted by Crippen LogP contribution is -2.14. The molecule has 98 valence electrons. The van der Waals surface area contributed by atoms with Crippen LogP contribution < -0.4 is 5.73 Å². The topological polar surface area (TPSA) is 103 Å². The molecule has 0 radical (unpaired) electrons. The molecule has 0 bridgehead atoms. The first-order valence-electron chi connectivity index (χ1n) is 5.83. The number of nitrogens with one attached hydrogen (secondary N) is 1. The zero-order valence-corrected chi connectivity index (χ0v) is 10.5. The fourth-order valence-corrected chi connectivity index (χ4v) is 1.70. The molecule has 3 N–H and O–H groups in total. The number of H-pyrrole nitrogens is 1. The predicted octanol–water partition coefficient (Wildman–Crippen LogP) is 1.13. The number of hydrogen-bond acceptors (Lipinski definition) is 6.